The van der Waals surface area contributed by atoms with Gasteiger partial charge in [-0.25, -0.2) is 9.18 Å². The Morgan fingerprint density at radius 2 is 2.39 bits per heavy atom. The van der Waals surface area contributed by atoms with Crippen molar-refractivity contribution in [1.82, 2.24) is 25.5 Å². The maximum Gasteiger partial charge on any atom is 0.319 e. The zero-order chi connectivity index (χ0) is 16.2. The van der Waals surface area contributed by atoms with Gasteiger partial charge in [0.05, 0.1) is 6.61 Å². The molecule has 0 spiro atoms. The van der Waals surface area contributed by atoms with Crippen molar-refractivity contribution in [3.63, 3.8) is 0 Å². The summed E-state index contributed by atoms with van der Waals surface area (Å²) in [6, 6.07) is 3.88. The molecule has 1 aliphatic rings. The Kier molecular flexibility index (Phi) is 4.47. The number of carbonyl (C=O) groups excluding carboxylic acids is 1. The molecule has 2 aromatic rings. The number of hydrogen-bond acceptors (Lipinski definition) is 5. The first kappa shape index (κ1) is 15.3. The molecule has 1 aliphatic heterocycles. The van der Waals surface area contributed by atoms with Crippen LogP contribution in [0.3, 0.4) is 0 Å². The summed E-state index contributed by atoms with van der Waals surface area (Å²) in [5, 5.41) is 16.4. The number of tetrazole rings is 1. The summed E-state index contributed by atoms with van der Waals surface area (Å²) >= 11 is 0. The number of anilines is 1. The number of carbonyl (C=O) groups is 1. The summed E-state index contributed by atoms with van der Waals surface area (Å²) in [5.74, 6) is 0.314. The van der Waals surface area contributed by atoms with Crippen LogP contribution in [0.2, 0.25) is 0 Å². The van der Waals surface area contributed by atoms with E-state index in [9.17, 15) is 9.18 Å². The highest BCUT2D eigenvalue weighted by molar-refractivity contribution is 5.89. The molecule has 1 aromatic heterocycles. The Morgan fingerprint density at radius 3 is 3.09 bits per heavy atom. The summed E-state index contributed by atoms with van der Waals surface area (Å²) in [6.45, 7) is 3.61. The molecular weight excluding hydrogens is 303 g/mol. The second-order valence-electron chi connectivity index (χ2n) is 5.37. The molecule has 8 nitrogen and oxygen atoms in total. The average Bonchev–Trinajstić information content (AvgIpc) is 3.19. The van der Waals surface area contributed by atoms with Crippen molar-refractivity contribution in [2.75, 3.05) is 25.1 Å². The lowest BCUT2D eigenvalue weighted by Gasteiger charge is -2.12. The van der Waals surface area contributed by atoms with E-state index in [0.29, 0.717) is 30.6 Å². The van der Waals surface area contributed by atoms with Crippen LogP contribution in [0.25, 0.3) is 5.69 Å². The fraction of sp³-hybridized carbons (Fsp3) is 0.429. The molecule has 9 heteroatoms. The van der Waals surface area contributed by atoms with Crippen molar-refractivity contribution >= 4 is 11.7 Å². The van der Waals surface area contributed by atoms with Crippen LogP contribution >= 0.6 is 0 Å². The number of halogens is 1. The van der Waals surface area contributed by atoms with Gasteiger partial charge in [0.2, 0.25) is 0 Å². The zero-order valence-electron chi connectivity index (χ0n) is 12.6. The van der Waals surface area contributed by atoms with Gasteiger partial charge in [-0.2, -0.15) is 4.68 Å². The smallest absolute Gasteiger partial charge is 0.319 e. The van der Waals surface area contributed by atoms with E-state index in [1.54, 1.807) is 6.92 Å². The van der Waals surface area contributed by atoms with Gasteiger partial charge in [0.25, 0.3) is 0 Å². The highest BCUT2D eigenvalue weighted by atomic mass is 19.1. The van der Waals surface area contributed by atoms with Crippen LogP contribution in [-0.2, 0) is 4.74 Å². The standard InChI is InChI=1S/C14H17FN6O2/c1-9-18-19-20-21(9)13-6-11(2-3-12(13)15)17-14(22)16-7-10-4-5-23-8-10/h2-3,6,10H,4-5,7-8H2,1H3,(H2,16,17,22)/t10-/m1/s1. The Balaban J connectivity index is 1.66. The molecule has 2 heterocycles. The van der Waals surface area contributed by atoms with Crippen molar-refractivity contribution in [3.8, 4) is 5.69 Å². The maximum atomic E-state index is 13.9. The number of hydrogen-bond donors (Lipinski definition) is 2. The van der Waals surface area contributed by atoms with Crippen molar-refractivity contribution in [1.29, 1.82) is 0 Å². The number of ether oxygens (including phenoxy) is 1. The number of benzene rings is 1. The third-order valence-electron chi connectivity index (χ3n) is 3.63. The van der Waals surface area contributed by atoms with Gasteiger partial charge in [0.1, 0.15) is 11.5 Å². The predicted molar refractivity (Wildman–Crippen MR) is 79.8 cm³/mol. The molecule has 0 saturated carbocycles. The van der Waals surface area contributed by atoms with E-state index in [1.807, 2.05) is 0 Å². The van der Waals surface area contributed by atoms with Gasteiger partial charge in [0, 0.05) is 24.8 Å². The number of amides is 2. The largest absolute Gasteiger partial charge is 0.381 e. The van der Waals surface area contributed by atoms with Crippen molar-refractivity contribution in [2.24, 2.45) is 5.92 Å². The van der Waals surface area contributed by atoms with E-state index < -0.39 is 5.82 Å². The van der Waals surface area contributed by atoms with Gasteiger partial charge in [-0.05, 0) is 42.0 Å². The zero-order valence-corrected chi connectivity index (χ0v) is 12.6. The van der Waals surface area contributed by atoms with Crippen LogP contribution in [0.15, 0.2) is 18.2 Å². The van der Waals surface area contributed by atoms with E-state index in [2.05, 4.69) is 26.2 Å². The SMILES string of the molecule is Cc1nnnn1-c1cc(NC(=O)NC[C@H]2CCOC2)ccc1F. The van der Waals surface area contributed by atoms with E-state index in [-0.39, 0.29) is 11.7 Å². The lowest BCUT2D eigenvalue weighted by molar-refractivity contribution is 0.185. The summed E-state index contributed by atoms with van der Waals surface area (Å²) in [6.07, 6.45) is 0.944. The second-order valence-corrected chi connectivity index (χ2v) is 5.37. The van der Waals surface area contributed by atoms with E-state index >= 15 is 0 Å². The molecule has 1 fully saturated rings. The molecule has 0 bridgehead atoms. The van der Waals surface area contributed by atoms with Crippen LogP contribution in [0.5, 0.6) is 0 Å². The molecule has 122 valence electrons. The molecule has 2 N–H and O–H groups in total. The van der Waals surface area contributed by atoms with Crippen LogP contribution < -0.4 is 10.6 Å². The Morgan fingerprint density at radius 1 is 1.52 bits per heavy atom. The highest BCUT2D eigenvalue weighted by Gasteiger charge is 2.16. The Bertz CT molecular complexity index is 698. The predicted octanol–water partition coefficient (Wildman–Crippen LogP) is 1.27. The molecule has 23 heavy (non-hydrogen) atoms. The molecular formula is C14H17FN6O2. The van der Waals surface area contributed by atoms with Crippen LogP contribution in [0.4, 0.5) is 14.9 Å². The minimum atomic E-state index is -0.477. The average molecular weight is 320 g/mol. The number of aromatic nitrogens is 4. The third-order valence-corrected chi connectivity index (χ3v) is 3.63. The molecule has 1 saturated heterocycles. The number of rotatable bonds is 4. The number of aryl methyl sites for hydroxylation is 1. The molecule has 3 rings (SSSR count). The topological polar surface area (TPSA) is 94.0 Å². The monoisotopic (exact) mass is 320 g/mol. The molecule has 1 atom stereocenters. The van der Waals surface area contributed by atoms with Gasteiger partial charge < -0.3 is 15.4 Å². The summed E-state index contributed by atoms with van der Waals surface area (Å²) in [5.41, 5.74) is 0.631. The van der Waals surface area contributed by atoms with Crippen LogP contribution in [0, 0.1) is 18.7 Å². The van der Waals surface area contributed by atoms with Gasteiger partial charge in [-0.1, -0.05) is 0 Å². The molecule has 0 unspecified atom stereocenters. The summed E-state index contributed by atoms with van der Waals surface area (Å²) < 4.78 is 20.5. The van der Waals surface area contributed by atoms with Gasteiger partial charge in [-0.3, -0.25) is 0 Å². The Labute approximate surface area is 132 Å². The second kappa shape index (κ2) is 6.69. The van der Waals surface area contributed by atoms with Gasteiger partial charge in [0.15, 0.2) is 5.82 Å². The maximum absolute atomic E-state index is 13.9. The van der Waals surface area contributed by atoms with Crippen LogP contribution in [-0.4, -0.2) is 46.0 Å². The number of nitrogens with one attached hydrogen (secondary N) is 2. The highest BCUT2D eigenvalue weighted by Crippen LogP contribution is 2.19. The quantitative estimate of drug-likeness (QED) is 0.885. The fourth-order valence-electron chi connectivity index (χ4n) is 2.36. The van der Waals surface area contributed by atoms with E-state index in [0.717, 1.165) is 13.0 Å². The third kappa shape index (κ3) is 3.62. The van der Waals surface area contributed by atoms with Crippen molar-refractivity contribution < 1.29 is 13.9 Å². The van der Waals surface area contributed by atoms with Gasteiger partial charge >= 0.3 is 6.03 Å². The number of urea groups is 1. The molecule has 0 radical (unpaired) electrons. The minimum absolute atomic E-state index is 0.175. The Hall–Kier alpha value is -2.55. The van der Waals surface area contributed by atoms with Crippen LogP contribution in [0.1, 0.15) is 12.2 Å². The van der Waals surface area contributed by atoms with Crippen molar-refractivity contribution in [3.05, 3.63) is 29.8 Å². The van der Waals surface area contributed by atoms with Crippen molar-refractivity contribution in [2.45, 2.75) is 13.3 Å². The lowest BCUT2D eigenvalue weighted by atomic mass is 10.1. The normalized spacial score (nSPS) is 17.2. The first-order valence-corrected chi connectivity index (χ1v) is 7.31. The first-order chi connectivity index (χ1) is 11.1. The first-order valence-electron chi connectivity index (χ1n) is 7.31. The molecule has 0 aliphatic carbocycles. The van der Waals surface area contributed by atoms with E-state index in [4.69, 9.17) is 4.74 Å². The summed E-state index contributed by atoms with van der Waals surface area (Å²) in [4.78, 5) is 11.9. The molecule has 1 aromatic carbocycles. The van der Waals surface area contributed by atoms with E-state index in [1.165, 1.54) is 22.9 Å². The lowest BCUT2D eigenvalue weighted by Crippen LogP contribution is -2.33. The number of nitrogens with zero attached hydrogens (tertiary/aromatic N) is 4. The summed E-state index contributed by atoms with van der Waals surface area (Å²) in [7, 11) is 0. The fourth-order valence-corrected chi connectivity index (χ4v) is 2.36. The molecule has 2 amide bonds. The minimum Gasteiger partial charge on any atom is -0.381 e. The van der Waals surface area contributed by atoms with Gasteiger partial charge in [-0.15, -0.1) is 5.10 Å².